The van der Waals surface area contributed by atoms with Crippen molar-refractivity contribution in [3.8, 4) is 0 Å². The van der Waals surface area contributed by atoms with Crippen LogP contribution in [0.4, 0.5) is 0 Å². The highest BCUT2D eigenvalue weighted by atomic mass is 127. The summed E-state index contributed by atoms with van der Waals surface area (Å²) in [5, 5.41) is 8.14. The second-order valence-corrected chi connectivity index (χ2v) is 7.01. The number of nitrogens with one attached hydrogen (secondary N) is 2. The molecule has 1 saturated heterocycles. The number of unbranched alkanes of at least 4 members (excludes halogenated alkanes) is 1. The van der Waals surface area contributed by atoms with Crippen LogP contribution in [-0.2, 0) is 11.3 Å². The van der Waals surface area contributed by atoms with E-state index in [4.69, 9.17) is 4.74 Å². The van der Waals surface area contributed by atoms with Gasteiger partial charge in [-0.3, -0.25) is 9.89 Å². The van der Waals surface area contributed by atoms with Gasteiger partial charge in [0.25, 0.3) is 0 Å². The summed E-state index contributed by atoms with van der Waals surface area (Å²) < 4.78 is 7.70. The van der Waals surface area contributed by atoms with Crippen LogP contribution in [-0.4, -0.2) is 68.4 Å². The first kappa shape index (κ1) is 23.0. The van der Waals surface area contributed by atoms with Gasteiger partial charge in [-0.05, 0) is 43.3 Å². The predicted octanol–water partition coefficient (Wildman–Crippen LogP) is 2.93. The van der Waals surface area contributed by atoms with Gasteiger partial charge in [-0.2, -0.15) is 0 Å². The number of aromatic nitrogens is 1. The van der Waals surface area contributed by atoms with Crippen LogP contribution in [0.2, 0.25) is 0 Å². The number of para-hydroxylation sites is 1. The molecule has 0 aliphatic carbocycles. The maximum absolute atomic E-state index is 5.39. The van der Waals surface area contributed by atoms with E-state index in [0.717, 1.165) is 64.7 Å². The molecule has 28 heavy (non-hydrogen) atoms. The van der Waals surface area contributed by atoms with E-state index in [-0.39, 0.29) is 24.0 Å². The van der Waals surface area contributed by atoms with E-state index in [0.29, 0.717) is 0 Å². The molecular formula is C21H34IN5O. The number of rotatable bonds is 9. The van der Waals surface area contributed by atoms with Crippen LogP contribution in [0.1, 0.15) is 19.3 Å². The van der Waals surface area contributed by atoms with Gasteiger partial charge in [0.2, 0.25) is 0 Å². The van der Waals surface area contributed by atoms with Crippen molar-refractivity contribution in [2.45, 2.75) is 25.8 Å². The Hall–Kier alpha value is -1.32. The Bertz CT molecular complexity index is 712. The number of hydrogen-bond donors (Lipinski definition) is 2. The maximum atomic E-state index is 5.39. The van der Waals surface area contributed by atoms with Crippen molar-refractivity contribution >= 4 is 40.8 Å². The smallest absolute Gasteiger partial charge is 0.190 e. The minimum Gasteiger partial charge on any atom is -0.379 e. The molecule has 0 saturated carbocycles. The van der Waals surface area contributed by atoms with Crippen LogP contribution in [0.15, 0.2) is 41.5 Å². The molecule has 1 aliphatic heterocycles. The molecule has 0 spiro atoms. The number of aryl methyl sites for hydroxylation is 1. The fourth-order valence-electron chi connectivity index (χ4n) is 3.50. The normalized spacial score (nSPS) is 15.4. The Morgan fingerprint density at radius 2 is 1.75 bits per heavy atom. The van der Waals surface area contributed by atoms with Gasteiger partial charge in [-0.1, -0.05) is 18.2 Å². The fourth-order valence-corrected chi connectivity index (χ4v) is 3.50. The third-order valence-electron chi connectivity index (χ3n) is 5.07. The van der Waals surface area contributed by atoms with Gasteiger partial charge >= 0.3 is 0 Å². The lowest BCUT2D eigenvalue weighted by atomic mass is 10.2. The van der Waals surface area contributed by atoms with Gasteiger partial charge in [-0.25, -0.2) is 0 Å². The summed E-state index contributed by atoms with van der Waals surface area (Å²) in [4.78, 5) is 6.81. The zero-order chi connectivity index (χ0) is 18.7. The molecule has 2 aromatic rings. The van der Waals surface area contributed by atoms with Crippen LogP contribution in [0.3, 0.4) is 0 Å². The van der Waals surface area contributed by atoms with Crippen molar-refractivity contribution in [2.75, 3.05) is 53.0 Å². The number of nitrogens with zero attached hydrogens (tertiary/aromatic N) is 3. The highest BCUT2D eigenvalue weighted by Crippen LogP contribution is 2.15. The number of benzene rings is 1. The van der Waals surface area contributed by atoms with Gasteiger partial charge in [-0.15, -0.1) is 24.0 Å². The minimum absolute atomic E-state index is 0. The Morgan fingerprint density at radius 1 is 1.00 bits per heavy atom. The molecule has 1 aromatic heterocycles. The van der Waals surface area contributed by atoms with E-state index >= 15 is 0 Å². The second kappa shape index (κ2) is 13.0. The average molecular weight is 499 g/mol. The lowest BCUT2D eigenvalue weighted by Crippen LogP contribution is -2.39. The number of morpholine rings is 1. The molecule has 0 atom stereocenters. The first-order chi connectivity index (χ1) is 13.4. The number of aliphatic imine (C=N–C) groups is 1. The molecule has 7 heteroatoms. The number of ether oxygens (including phenoxy) is 1. The zero-order valence-electron chi connectivity index (χ0n) is 16.9. The predicted molar refractivity (Wildman–Crippen MR) is 128 cm³/mol. The number of halogens is 1. The first-order valence-electron chi connectivity index (χ1n) is 10.2. The summed E-state index contributed by atoms with van der Waals surface area (Å²) in [6.07, 6.45) is 5.61. The largest absolute Gasteiger partial charge is 0.379 e. The van der Waals surface area contributed by atoms with Crippen LogP contribution in [0.25, 0.3) is 10.9 Å². The molecule has 3 rings (SSSR count). The second-order valence-electron chi connectivity index (χ2n) is 7.01. The average Bonchev–Trinajstić information content (AvgIpc) is 3.13. The summed E-state index contributed by atoms with van der Waals surface area (Å²) in [6, 6.07) is 10.7. The molecule has 2 N–H and O–H groups in total. The molecule has 6 nitrogen and oxygen atoms in total. The Balaban J connectivity index is 0.00000280. The van der Waals surface area contributed by atoms with Crippen molar-refractivity contribution < 1.29 is 4.74 Å². The van der Waals surface area contributed by atoms with Gasteiger partial charge in [0, 0.05) is 51.5 Å². The molecule has 1 fully saturated rings. The Morgan fingerprint density at radius 3 is 2.54 bits per heavy atom. The van der Waals surface area contributed by atoms with Crippen molar-refractivity contribution in [2.24, 2.45) is 4.99 Å². The van der Waals surface area contributed by atoms with Crippen LogP contribution < -0.4 is 10.6 Å². The fraction of sp³-hybridized carbons (Fsp3) is 0.571. The highest BCUT2D eigenvalue weighted by molar-refractivity contribution is 14.0. The number of guanidine groups is 1. The molecule has 1 aliphatic rings. The van der Waals surface area contributed by atoms with Crippen molar-refractivity contribution in [1.82, 2.24) is 20.1 Å². The Labute approximate surface area is 185 Å². The summed E-state index contributed by atoms with van der Waals surface area (Å²) >= 11 is 0. The minimum atomic E-state index is 0. The van der Waals surface area contributed by atoms with Gasteiger partial charge in [0.1, 0.15) is 0 Å². The number of fused-ring (bicyclic) bond motifs is 1. The molecule has 0 amide bonds. The SMILES string of the molecule is CN=C(NCCCCN1CCOCC1)NCCCn1ccc2ccccc21.I. The topological polar surface area (TPSA) is 53.8 Å². The van der Waals surface area contributed by atoms with Gasteiger partial charge in [0.15, 0.2) is 5.96 Å². The molecule has 1 aromatic carbocycles. The zero-order valence-corrected chi connectivity index (χ0v) is 19.2. The van der Waals surface area contributed by atoms with E-state index in [2.05, 4.69) is 61.6 Å². The summed E-state index contributed by atoms with van der Waals surface area (Å²) in [5.41, 5.74) is 1.31. The van der Waals surface area contributed by atoms with E-state index in [1.54, 1.807) is 0 Å². The molecular weight excluding hydrogens is 465 g/mol. The Kier molecular flexibility index (Phi) is 10.7. The van der Waals surface area contributed by atoms with E-state index < -0.39 is 0 Å². The maximum Gasteiger partial charge on any atom is 0.190 e. The van der Waals surface area contributed by atoms with E-state index in [9.17, 15) is 0 Å². The van der Waals surface area contributed by atoms with Crippen molar-refractivity contribution in [3.63, 3.8) is 0 Å². The standard InChI is InChI=1S/C21H33N5O.HI/c1-22-21(23-10-4-5-12-25-15-17-27-18-16-25)24-11-6-13-26-14-9-19-7-2-3-8-20(19)26;/h2-3,7-9,14H,4-6,10-13,15-18H2,1H3,(H2,22,23,24);1H. The van der Waals surface area contributed by atoms with Crippen LogP contribution in [0.5, 0.6) is 0 Å². The molecule has 0 bridgehead atoms. The lowest BCUT2D eigenvalue weighted by molar-refractivity contribution is 0.0372. The quantitative estimate of drug-likeness (QED) is 0.241. The van der Waals surface area contributed by atoms with Crippen molar-refractivity contribution in [3.05, 3.63) is 36.5 Å². The number of hydrogen-bond acceptors (Lipinski definition) is 3. The van der Waals surface area contributed by atoms with E-state index in [1.165, 1.54) is 23.9 Å². The summed E-state index contributed by atoms with van der Waals surface area (Å²) in [6.45, 7) is 7.98. The van der Waals surface area contributed by atoms with E-state index in [1.807, 2.05) is 7.05 Å². The highest BCUT2D eigenvalue weighted by Gasteiger charge is 2.09. The van der Waals surface area contributed by atoms with Crippen molar-refractivity contribution in [1.29, 1.82) is 0 Å². The summed E-state index contributed by atoms with van der Waals surface area (Å²) in [5.74, 6) is 0.902. The monoisotopic (exact) mass is 499 g/mol. The third kappa shape index (κ3) is 7.25. The molecule has 2 heterocycles. The third-order valence-corrected chi connectivity index (χ3v) is 5.07. The van der Waals surface area contributed by atoms with Gasteiger partial charge in [0.05, 0.1) is 13.2 Å². The molecule has 0 unspecified atom stereocenters. The molecule has 0 radical (unpaired) electrons. The van der Waals surface area contributed by atoms with Gasteiger partial charge < -0.3 is 19.9 Å². The van der Waals surface area contributed by atoms with Crippen LogP contribution >= 0.6 is 24.0 Å². The first-order valence-corrected chi connectivity index (χ1v) is 10.2. The lowest BCUT2D eigenvalue weighted by Gasteiger charge is -2.26. The molecule has 156 valence electrons. The summed E-state index contributed by atoms with van der Waals surface area (Å²) in [7, 11) is 1.84. The van der Waals surface area contributed by atoms with Crippen LogP contribution in [0, 0.1) is 0 Å².